The highest BCUT2D eigenvalue weighted by Gasteiger charge is 2.72. The third-order valence-corrected chi connectivity index (χ3v) is 14.5. The Balaban J connectivity index is 1.49. The van der Waals surface area contributed by atoms with E-state index in [9.17, 15) is 14.9 Å². The molecule has 4 saturated carbocycles. The predicted octanol–water partition coefficient (Wildman–Crippen LogP) is 7.40. The Morgan fingerprint density at radius 3 is 2.26 bits per heavy atom. The maximum absolute atomic E-state index is 14.7. The molecule has 0 amide bonds. The summed E-state index contributed by atoms with van der Waals surface area (Å²) in [4.78, 5) is 28.0. The van der Waals surface area contributed by atoms with E-state index in [1.165, 1.54) is 0 Å². The van der Waals surface area contributed by atoms with E-state index in [0.29, 0.717) is 17.8 Å². The highest BCUT2D eigenvalue weighted by molar-refractivity contribution is 7.11. The zero-order valence-corrected chi connectivity index (χ0v) is 25.9. The summed E-state index contributed by atoms with van der Waals surface area (Å²) in [5.41, 5.74) is -0.683. The lowest BCUT2D eigenvalue weighted by atomic mass is 9.31. The molecule has 210 valence electrons. The first-order valence-corrected chi connectivity index (χ1v) is 15.9. The summed E-state index contributed by atoms with van der Waals surface area (Å²) < 4.78 is 0. The smallest absolute Gasteiger partial charge is 0.178 e. The predicted molar refractivity (Wildman–Crippen MR) is 153 cm³/mol. The van der Waals surface area contributed by atoms with Crippen LogP contribution in [-0.2, 0) is 15.0 Å². The topological polar surface area (TPSA) is 83.7 Å². The quantitative estimate of drug-likeness (QED) is 0.366. The average Bonchev–Trinajstić information content (AvgIpc) is 3.29. The standard InChI is InChI=1S/C33H45N3O2S/c1-19-35-36-27(39-19)33-13-11-28(2,3)17-21(33)25-22(37)15-24-30(6)16-20(18-34)26(38)29(4,5)23(30)9-10-31(24,7)32(25,8)12-14-33/h16,21,23-25H,9-15,17H2,1-8H3/t21?,23?,24?,25?,30-,31+,32+,33-/m0/s1. The highest BCUT2D eigenvalue weighted by Crippen LogP contribution is 2.76. The van der Waals surface area contributed by atoms with E-state index < -0.39 is 5.41 Å². The summed E-state index contributed by atoms with van der Waals surface area (Å²) in [5, 5.41) is 21.3. The third-order valence-electron chi connectivity index (χ3n) is 13.4. The molecule has 5 aliphatic carbocycles. The molecule has 39 heavy (non-hydrogen) atoms. The molecule has 6 heteroatoms. The van der Waals surface area contributed by atoms with Gasteiger partial charge >= 0.3 is 0 Å². The van der Waals surface area contributed by atoms with Gasteiger partial charge in [0.05, 0.1) is 5.57 Å². The second-order valence-corrected chi connectivity index (χ2v) is 17.2. The van der Waals surface area contributed by atoms with Crippen LogP contribution < -0.4 is 0 Å². The van der Waals surface area contributed by atoms with Gasteiger partial charge in [0.25, 0.3) is 0 Å². The Kier molecular flexibility index (Phi) is 5.68. The minimum absolute atomic E-state index is 0.00841. The fourth-order valence-electron chi connectivity index (χ4n) is 11.2. The zero-order chi connectivity index (χ0) is 28.4. The maximum Gasteiger partial charge on any atom is 0.178 e. The highest BCUT2D eigenvalue weighted by atomic mass is 32.1. The number of allylic oxidation sites excluding steroid dienone is 2. The molecule has 4 unspecified atom stereocenters. The summed E-state index contributed by atoms with van der Waals surface area (Å²) in [5.74, 6) is 0.937. The molecule has 8 atom stereocenters. The van der Waals surface area contributed by atoms with Gasteiger partial charge in [0.15, 0.2) is 5.78 Å². The number of hydrogen-bond donors (Lipinski definition) is 0. The van der Waals surface area contributed by atoms with Gasteiger partial charge in [-0.25, -0.2) is 0 Å². The molecule has 0 saturated heterocycles. The molecule has 0 radical (unpaired) electrons. The third kappa shape index (κ3) is 3.35. The molecular weight excluding hydrogens is 502 g/mol. The number of ketones is 2. The lowest BCUT2D eigenvalue weighted by Crippen LogP contribution is -2.69. The summed E-state index contributed by atoms with van der Waals surface area (Å²) in [6, 6.07) is 2.24. The van der Waals surface area contributed by atoms with Crippen molar-refractivity contribution in [1.82, 2.24) is 10.2 Å². The van der Waals surface area contributed by atoms with Gasteiger partial charge in [0.2, 0.25) is 0 Å². The number of hydrogen-bond acceptors (Lipinski definition) is 6. The fourth-order valence-corrected chi connectivity index (χ4v) is 12.2. The van der Waals surface area contributed by atoms with Crippen LogP contribution in [0, 0.1) is 69.0 Å². The molecule has 1 aromatic heterocycles. The first kappa shape index (κ1) is 27.3. The van der Waals surface area contributed by atoms with Crippen LogP contribution in [0.2, 0.25) is 0 Å². The van der Waals surface area contributed by atoms with Gasteiger partial charge in [0, 0.05) is 23.2 Å². The molecule has 0 spiro atoms. The van der Waals surface area contributed by atoms with Crippen molar-refractivity contribution in [2.75, 3.05) is 0 Å². The van der Waals surface area contributed by atoms with Crippen LogP contribution in [0.3, 0.4) is 0 Å². The first-order valence-electron chi connectivity index (χ1n) is 15.1. The van der Waals surface area contributed by atoms with Crippen LogP contribution in [0.5, 0.6) is 0 Å². The summed E-state index contributed by atoms with van der Waals surface area (Å²) >= 11 is 1.75. The summed E-state index contributed by atoms with van der Waals surface area (Å²) in [7, 11) is 0. The van der Waals surface area contributed by atoms with Crippen LogP contribution in [0.15, 0.2) is 11.6 Å². The van der Waals surface area contributed by atoms with Gasteiger partial charge in [-0.3, -0.25) is 9.59 Å². The van der Waals surface area contributed by atoms with Crippen molar-refractivity contribution < 1.29 is 9.59 Å². The van der Waals surface area contributed by atoms with Crippen LogP contribution in [-0.4, -0.2) is 21.8 Å². The van der Waals surface area contributed by atoms with E-state index in [2.05, 4.69) is 45.8 Å². The molecule has 4 fully saturated rings. The molecule has 0 aromatic carbocycles. The van der Waals surface area contributed by atoms with Crippen LogP contribution in [0.1, 0.15) is 110 Å². The second-order valence-electron chi connectivity index (χ2n) is 16.0. The monoisotopic (exact) mass is 547 g/mol. The largest absolute Gasteiger partial charge is 0.299 e. The number of Topliss-reactive ketones (excluding diaryl/α,β-unsaturated/α-hetero) is 2. The minimum atomic E-state index is -0.596. The summed E-state index contributed by atoms with van der Waals surface area (Å²) in [6.45, 7) is 18.0. The lowest BCUT2D eigenvalue weighted by molar-refractivity contribution is -0.214. The van der Waals surface area contributed by atoms with E-state index in [1.807, 2.05) is 26.8 Å². The normalized spacial score (nSPS) is 46.2. The van der Waals surface area contributed by atoms with Gasteiger partial charge in [-0.15, -0.1) is 21.5 Å². The number of carbonyl (C=O) groups excluding carboxylic acids is 2. The van der Waals surface area contributed by atoms with E-state index in [1.54, 1.807) is 11.3 Å². The Bertz CT molecular complexity index is 1330. The second kappa shape index (κ2) is 8.11. The SMILES string of the molecule is Cc1nnc([C@]23CCC(C)(C)CC2C2C(=O)CC4[C@@]5(C)C=C(C#N)C(=O)C(C)(C)C5CC[C@@]4(C)[C@]2(C)CC3)s1. The van der Waals surface area contributed by atoms with Gasteiger partial charge in [-0.2, -0.15) is 5.26 Å². The van der Waals surface area contributed by atoms with Gasteiger partial charge in [0.1, 0.15) is 21.9 Å². The summed E-state index contributed by atoms with van der Waals surface area (Å²) in [6.07, 6.45) is 9.93. The molecular formula is C33H45N3O2S. The number of aromatic nitrogens is 2. The number of aryl methyl sites for hydroxylation is 1. The van der Waals surface area contributed by atoms with Crippen molar-refractivity contribution >= 4 is 22.9 Å². The number of rotatable bonds is 1. The molecule has 0 bridgehead atoms. The Morgan fingerprint density at radius 1 is 0.923 bits per heavy atom. The van der Waals surface area contributed by atoms with E-state index in [-0.39, 0.29) is 56.5 Å². The number of nitriles is 1. The number of carbonyl (C=O) groups is 2. The molecule has 0 aliphatic heterocycles. The van der Waals surface area contributed by atoms with Crippen LogP contribution >= 0.6 is 11.3 Å². The Morgan fingerprint density at radius 2 is 1.62 bits per heavy atom. The van der Waals surface area contributed by atoms with Crippen LogP contribution in [0.4, 0.5) is 0 Å². The minimum Gasteiger partial charge on any atom is -0.299 e. The van der Waals surface area contributed by atoms with E-state index >= 15 is 0 Å². The van der Waals surface area contributed by atoms with Crippen molar-refractivity contribution in [1.29, 1.82) is 5.26 Å². The van der Waals surface area contributed by atoms with Crippen molar-refractivity contribution in [2.45, 2.75) is 112 Å². The molecule has 1 aromatic rings. The maximum atomic E-state index is 14.7. The Hall–Kier alpha value is -1.87. The van der Waals surface area contributed by atoms with E-state index in [4.69, 9.17) is 5.10 Å². The first-order chi connectivity index (χ1) is 18.1. The van der Waals surface area contributed by atoms with Gasteiger partial charge < -0.3 is 0 Å². The fraction of sp³-hybridized carbons (Fsp3) is 0.788. The molecule has 5 aliphatic rings. The molecule has 5 nitrogen and oxygen atoms in total. The number of nitrogens with zero attached hydrogens (tertiary/aromatic N) is 3. The number of fused-ring (bicyclic) bond motifs is 7. The van der Waals surface area contributed by atoms with Crippen molar-refractivity contribution in [3.8, 4) is 6.07 Å². The van der Waals surface area contributed by atoms with Gasteiger partial charge in [-0.05, 0) is 91.3 Å². The van der Waals surface area contributed by atoms with Gasteiger partial charge in [-0.1, -0.05) is 54.5 Å². The average molecular weight is 548 g/mol. The van der Waals surface area contributed by atoms with E-state index in [0.717, 1.165) is 55.0 Å². The van der Waals surface area contributed by atoms with Crippen molar-refractivity contribution in [3.63, 3.8) is 0 Å². The van der Waals surface area contributed by atoms with Crippen molar-refractivity contribution in [2.24, 2.45) is 50.7 Å². The van der Waals surface area contributed by atoms with Crippen LogP contribution in [0.25, 0.3) is 0 Å². The lowest BCUT2D eigenvalue weighted by Gasteiger charge is -2.71. The van der Waals surface area contributed by atoms with Crippen molar-refractivity contribution in [3.05, 3.63) is 21.7 Å². The molecule has 0 N–H and O–H groups in total. The Labute approximate surface area is 238 Å². The molecule has 6 rings (SSSR count). The zero-order valence-electron chi connectivity index (χ0n) is 25.1. The molecule has 1 heterocycles.